The van der Waals surface area contributed by atoms with E-state index in [1.807, 2.05) is 12.1 Å². The molecule has 4 heteroatoms. The van der Waals surface area contributed by atoms with Crippen molar-refractivity contribution in [3.63, 3.8) is 0 Å². The minimum absolute atomic E-state index is 0.322. The van der Waals surface area contributed by atoms with E-state index in [1.165, 1.54) is 11.1 Å². The number of benzene rings is 2. The predicted octanol–water partition coefficient (Wildman–Crippen LogP) is 5.55. The number of fused-ring (bicyclic) bond motifs is 1. The first-order chi connectivity index (χ1) is 11.6. The first-order valence-electron chi connectivity index (χ1n) is 8.47. The highest BCUT2D eigenvalue weighted by molar-refractivity contribution is 9.10. The largest absolute Gasteiger partial charge is 0.368 e. The normalized spacial score (nSPS) is 11.1. The molecule has 0 amide bonds. The van der Waals surface area contributed by atoms with Gasteiger partial charge in [0.25, 0.3) is 0 Å². The van der Waals surface area contributed by atoms with Crippen LogP contribution in [0.5, 0.6) is 0 Å². The molecule has 3 rings (SSSR count). The van der Waals surface area contributed by atoms with E-state index in [0.717, 1.165) is 52.3 Å². The monoisotopic (exact) mass is 383 g/mol. The van der Waals surface area contributed by atoms with Crippen molar-refractivity contribution in [2.24, 2.45) is 0 Å². The Morgan fingerprint density at radius 3 is 2.33 bits per heavy atom. The molecule has 0 aliphatic rings. The Bertz CT molecular complexity index is 874. The molecule has 3 aromatic rings. The molecule has 2 aromatic carbocycles. The summed E-state index contributed by atoms with van der Waals surface area (Å²) in [6, 6.07) is 12.6. The molecule has 3 nitrogen and oxygen atoms in total. The van der Waals surface area contributed by atoms with E-state index in [1.54, 1.807) is 0 Å². The van der Waals surface area contributed by atoms with Crippen molar-refractivity contribution in [3.8, 4) is 11.3 Å². The molecule has 1 heterocycles. The third-order valence-electron chi connectivity index (χ3n) is 4.17. The first-order valence-corrected chi connectivity index (χ1v) is 9.26. The first kappa shape index (κ1) is 16.9. The summed E-state index contributed by atoms with van der Waals surface area (Å²) >= 11 is 3.54. The van der Waals surface area contributed by atoms with Gasteiger partial charge in [0.05, 0.1) is 11.2 Å². The van der Waals surface area contributed by atoms with Crippen LogP contribution in [0.25, 0.3) is 22.2 Å². The molecule has 0 aliphatic heterocycles. The Hall–Kier alpha value is -1.94. The number of nitrogens with zero attached hydrogens (tertiary/aromatic N) is 2. The Kier molecular flexibility index (Phi) is 5.14. The van der Waals surface area contributed by atoms with Crippen LogP contribution in [0.15, 0.2) is 40.9 Å². The van der Waals surface area contributed by atoms with Crippen LogP contribution in [0.1, 0.15) is 37.8 Å². The van der Waals surface area contributed by atoms with Gasteiger partial charge in [-0.3, -0.25) is 0 Å². The van der Waals surface area contributed by atoms with Gasteiger partial charge in [0.15, 0.2) is 0 Å². The quantitative estimate of drug-likeness (QED) is 0.628. The zero-order valence-corrected chi connectivity index (χ0v) is 15.7. The van der Waals surface area contributed by atoms with E-state index in [-0.39, 0.29) is 0 Å². The fourth-order valence-corrected chi connectivity index (χ4v) is 3.54. The van der Waals surface area contributed by atoms with Crippen LogP contribution in [0.4, 0.5) is 5.95 Å². The third kappa shape index (κ3) is 3.44. The van der Waals surface area contributed by atoms with Gasteiger partial charge in [-0.05, 0) is 48.2 Å². The minimum Gasteiger partial charge on any atom is -0.368 e. The van der Waals surface area contributed by atoms with E-state index in [0.29, 0.717) is 5.95 Å². The van der Waals surface area contributed by atoms with Crippen molar-refractivity contribution in [1.29, 1.82) is 0 Å². The molecule has 0 aliphatic carbocycles. The predicted molar refractivity (Wildman–Crippen MR) is 105 cm³/mol. The molecule has 24 heavy (non-hydrogen) atoms. The van der Waals surface area contributed by atoms with Gasteiger partial charge in [0.2, 0.25) is 5.95 Å². The van der Waals surface area contributed by atoms with Crippen LogP contribution >= 0.6 is 15.9 Å². The fourth-order valence-electron chi connectivity index (χ4n) is 3.14. The lowest BCUT2D eigenvalue weighted by atomic mass is 9.95. The van der Waals surface area contributed by atoms with E-state index in [2.05, 4.69) is 64.0 Å². The SMILES string of the molecule is CCCc1cc2nc(N)nc(-c3cccc(Br)c3)c2cc1CCC. The molecule has 2 N–H and O–H groups in total. The topological polar surface area (TPSA) is 51.8 Å². The summed E-state index contributed by atoms with van der Waals surface area (Å²) in [7, 11) is 0. The van der Waals surface area contributed by atoms with Crippen molar-refractivity contribution in [2.75, 3.05) is 5.73 Å². The molecule has 0 saturated heterocycles. The third-order valence-corrected chi connectivity index (χ3v) is 4.66. The van der Waals surface area contributed by atoms with Gasteiger partial charge in [0.1, 0.15) is 0 Å². The number of rotatable bonds is 5. The molecule has 0 unspecified atom stereocenters. The maximum Gasteiger partial charge on any atom is 0.221 e. The molecule has 0 radical (unpaired) electrons. The highest BCUT2D eigenvalue weighted by atomic mass is 79.9. The number of aromatic nitrogens is 2. The van der Waals surface area contributed by atoms with Crippen LogP contribution in [-0.2, 0) is 12.8 Å². The Balaban J connectivity index is 2.27. The summed E-state index contributed by atoms with van der Waals surface area (Å²) in [6.45, 7) is 4.43. The van der Waals surface area contributed by atoms with Gasteiger partial charge >= 0.3 is 0 Å². The molecule has 124 valence electrons. The summed E-state index contributed by atoms with van der Waals surface area (Å²) in [6.07, 6.45) is 4.40. The zero-order chi connectivity index (χ0) is 17.1. The van der Waals surface area contributed by atoms with Crippen LogP contribution in [0.3, 0.4) is 0 Å². The van der Waals surface area contributed by atoms with Gasteiger partial charge in [-0.25, -0.2) is 9.97 Å². The van der Waals surface area contributed by atoms with Crippen molar-refractivity contribution in [3.05, 3.63) is 52.0 Å². The molecule has 0 fully saturated rings. The lowest BCUT2D eigenvalue weighted by molar-refractivity contribution is 0.863. The number of hydrogen-bond donors (Lipinski definition) is 1. The van der Waals surface area contributed by atoms with Crippen LogP contribution in [-0.4, -0.2) is 9.97 Å². The summed E-state index contributed by atoms with van der Waals surface area (Å²) in [4.78, 5) is 9.02. The maximum absolute atomic E-state index is 5.99. The van der Waals surface area contributed by atoms with Crippen LogP contribution in [0.2, 0.25) is 0 Å². The summed E-state index contributed by atoms with van der Waals surface area (Å²) in [5.41, 5.74) is 11.6. The second kappa shape index (κ2) is 7.31. The maximum atomic E-state index is 5.99. The second-order valence-electron chi connectivity index (χ2n) is 6.08. The van der Waals surface area contributed by atoms with Gasteiger partial charge < -0.3 is 5.73 Å². The van der Waals surface area contributed by atoms with Crippen molar-refractivity contribution < 1.29 is 0 Å². The molecule has 1 aromatic heterocycles. The Morgan fingerprint density at radius 2 is 1.67 bits per heavy atom. The molecular formula is C20H22BrN3. The number of aryl methyl sites for hydroxylation is 2. The fraction of sp³-hybridized carbons (Fsp3) is 0.300. The van der Waals surface area contributed by atoms with E-state index in [9.17, 15) is 0 Å². The van der Waals surface area contributed by atoms with Crippen LogP contribution < -0.4 is 5.73 Å². The average molecular weight is 384 g/mol. The van der Waals surface area contributed by atoms with Crippen molar-refractivity contribution in [1.82, 2.24) is 9.97 Å². The Labute approximate surface area is 151 Å². The van der Waals surface area contributed by atoms with Crippen molar-refractivity contribution in [2.45, 2.75) is 39.5 Å². The van der Waals surface area contributed by atoms with E-state index in [4.69, 9.17) is 5.73 Å². The molecule has 0 bridgehead atoms. The lowest BCUT2D eigenvalue weighted by Gasteiger charge is -2.13. The minimum atomic E-state index is 0.322. The van der Waals surface area contributed by atoms with Crippen LogP contribution in [0, 0.1) is 0 Å². The van der Waals surface area contributed by atoms with E-state index >= 15 is 0 Å². The summed E-state index contributed by atoms with van der Waals surface area (Å²) < 4.78 is 1.03. The van der Waals surface area contributed by atoms with Gasteiger partial charge in [-0.15, -0.1) is 0 Å². The van der Waals surface area contributed by atoms with Gasteiger partial charge in [0, 0.05) is 15.4 Å². The summed E-state index contributed by atoms with van der Waals surface area (Å²) in [5, 5.41) is 1.07. The highest BCUT2D eigenvalue weighted by Gasteiger charge is 2.12. The number of hydrogen-bond acceptors (Lipinski definition) is 3. The highest BCUT2D eigenvalue weighted by Crippen LogP contribution is 2.31. The zero-order valence-electron chi connectivity index (χ0n) is 14.1. The smallest absolute Gasteiger partial charge is 0.221 e. The number of nitrogen functional groups attached to an aromatic ring is 1. The number of anilines is 1. The van der Waals surface area contributed by atoms with E-state index < -0.39 is 0 Å². The molecule has 0 atom stereocenters. The average Bonchev–Trinajstić information content (AvgIpc) is 2.55. The van der Waals surface area contributed by atoms with Gasteiger partial charge in [-0.2, -0.15) is 0 Å². The lowest BCUT2D eigenvalue weighted by Crippen LogP contribution is -2.01. The summed E-state index contributed by atoms with van der Waals surface area (Å²) in [5.74, 6) is 0.322. The van der Waals surface area contributed by atoms with Gasteiger partial charge in [-0.1, -0.05) is 54.8 Å². The molecular weight excluding hydrogens is 362 g/mol. The Morgan fingerprint density at radius 1 is 0.958 bits per heavy atom. The second-order valence-corrected chi connectivity index (χ2v) is 6.99. The number of nitrogens with two attached hydrogens (primary N) is 1. The molecule has 0 spiro atoms. The van der Waals surface area contributed by atoms with Crippen molar-refractivity contribution >= 4 is 32.8 Å². The standard InChI is InChI=1S/C20H22BrN3/c1-3-6-13-11-17-18(12-14(13)7-4-2)23-20(22)24-19(17)15-8-5-9-16(21)10-15/h5,8-12H,3-4,6-7H2,1-2H3,(H2,22,23,24). The molecule has 0 saturated carbocycles. The number of halogens is 1.